The van der Waals surface area contributed by atoms with Gasteiger partial charge < -0.3 is 19.8 Å². The molecule has 136 valence electrons. The summed E-state index contributed by atoms with van der Waals surface area (Å²) in [6, 6.07) is 6.29. The Morgan fingerprint density at radius 1 is 1.24 bits per heavy atom. The van der Waals surface area contributed by atoms with Gasteiger partial charge in [0.2, 0.25) is 5.89 Å². The first kappa shape index (κ1) is 18.8. The van der Waals surface area contributed by atoms with Crippen molar-refractivity contribution in [2.75, 3.05) is 20.2 Å². The van der Waals surface area contributed by atoms with Crippen molar-refractivity contribution in [3.8, 4) is 5.75 Å². The van der Waals surface area contributed by atoms with Crippen LogP contribution in [0.1, 0.15) is 35.4 Å². The zero-order valence-electron chi connectivity index (χ0n) is 15.8. The molecule has 0 unspecified atom stereocenters. The average molecular weight is 344 g/mol. The summed E-state index contributed by atoms with van der Waals surface area (Å²) in [7, 11) is 1.70. The number of aliphatic imine (C=N–C) groups is 1. The van der Waals surface area contributed by atoms with Crippen molar-refractivity contribution in [1.82, 2.24) is 15.6 Å². The number of benzene rings is 1. The van der Waals surface area contributed by atoms with E-state index in [2.05, 4.69) is 38.8 Å². The number of hydrogen-bond donors (Lipinski definition) is 2. The minimum atomic E-state index is 0.419. The predicted molar refractivity (Wildman–Crippen MR) is 100 cm³/mol. The van der Waals surface area contributed by atoms with Crippen molar-refractivity contribution in [2.24, 2.45) is 4.99 Å². The fourth-order valence-corrected chi connectivity index (χ4v) is 2.44. The molecule has 0 aliphatic carbocycles. The van der Waals surface area contributed by atoms with Crippen molar-refractivity contribution in [2.45, 2.75) is 40.7 Å². The highest BCUT2D eigenvalue weighted by Crippen LogP contribution is 2.19. The van der Waals surface area contributed by atoms with E-state index in [1.165, 1.54) is 5.56 Å². The Morgan fingerprint density at radius 2 is 2.04 bits per heavy atom. The minimum absolute atomic E-state index is 0.419. The van der Waals surface area contributed by atoms with E-state index in [4.69, 9.17) is 9.15 Å². The molecule has 1 aromatic heterocycles. The summed E-state index contributed by atoms with van der Waals surface area (Å²) in [6.45, 7) is 9.93. The van der Waals surface area contributed by atoms with Crippen molar-refractivity contribution in [3.63, 3.8) is 0 Å². The van der Waals surface area contributed by atoms with Crippen LogP contribution in [0, 0.1) is 20.8 Å². The standard InChI is InChI=1S/C19H28N4O2/c1-6-20-19(22-12-18-23-14(3)15(4)25-18)21-10-9-16-8-7-13(2)17(11-16)24-5/h7-8,11H,6,9-10,12H2,1-5H3,(H2,20,21,22). The van der Waals surface area contributed by atoms with Gasteiger partial charge in [0.05, 0.1) is 12.8 Å². The quantitative estimate of drug-likeness (QED) is 0.597. The minimum Gasteiger partial charge on any atom is -0.496 e. The van der Waals surface area contributed by atoms with Crippen molar-refractivity contribution in [3.05, 3.63) is 46.7 Å². The lowest BCUT2D eigenvalue weighted by Crippen LogP contribution is -2.38. The highest BCUT2D eigenvalue weighted by Gasteiger charge is 2.06. The molecule has 0 radical (unpaired) electrons. The number of hydrogen-bond acceptors (Lipinski definition) is 4. The molecule has 0 bridgehead atoms. The molecule has 0 saturated heterocycles. The molecule has 1 heterocycles. The van der Waals surface area contributed by atoms with Crippen LogP contribution in [0.3, 0.4) is 0 Å². The third kappa shape index (κ3) is 5.52. The molecule has 0 saturated carbocycles. The fraction of sp³-hybridized carbons (Fsp3) is 0.474. The summed E-state index contributed by atoms with van der Waals surface area (Å²) in [5, 5.41) is 6.58. The smallest absolute Gasteiger partial charge is 0.216 e. The van der Waals surface area contributed by atoms with Crippen LogP contribution in [0.4, 0.5) is 0 Å². The summed E-state index contributed by atoms with van der Waals surface area (Å²) < 4.78 is 10.9. The first-order chi connectivity index (χ1) is 12.0. The largest absolute Gasteiger partial charge is 0.496 e. The van der Waals surface area contributed by atoms with E-state index < -0.39 is 0 Å². The Kier molecular flexibility index (Phi) is 6.86. The lowest BCUT2D eigenvalue weighted by atomic mass is 10.1. The van der Waals surface area contributed by atoms with Gasteiger partial charge in [-0.05, 0) is 51.3 Å². The monoisotopic (exact) mass is 344 g/mol. The van der Waals surface area contributed by atoms with Gasteiger partial charge in [-0.1, -0.05) is 12.1 Å². The van der Waals surface area contributed by atoms with Crippen LogP contribution in [0.2, 0.25) is 0 Å². The number of aryl methyl sites for hydroxylation is 3. The number of aromatic nitrogens is 1. The zero-order valence-corrected chi connectivity index (χ0v) is 15.8. The number of ether oxygens (including phenoxy) is 1. The van der Waals surface area contributed by atoms with Crippen molar-refractivity contribution >= 4 is 5.96 Å². The van der Waals surface area contributed by atoms with Gasteiger partial charge in [-0.15, -0.1) is 0 Å². The average Bonchev–Trinajstić information content (AvgIpc) is 2.92. The molecule has 0 aliphatic heterocycles. The van der Waals surface area contributed by atoms with Gasteiger partial charge in [0.25, 0.3) is 0 Å². The van der Waals surface area contributed by atoms with E-state index >= 15 is 0 Å². The van der Waals surface area contributed by atoms with Crippen molar-refractivity contribution in [1.29, 1.82) is 0 Å². The molecule has 1 aromatic carbocycles. The molecule has 25 heavy (non-hydrogen) atoms. The maximum atomic E-state index is 5.57. The maximum absolute atomic E-state index is 5.57. The second-order valence-corrected chi connectivity index (χ2v) is 5.93. The number of nitrogens with zero attached hydrogens (tertiary/aromatic N) is 2. The van der Waals surface area contributed by atoms with Crippen LogP contribution in [-0.2, 0) is 13.0 Å². The highest BCUT2D eigenvalue weighted by molar-refractivity contribution is 5.79. The van der Waals surface area contributed by atoms with Crippen LogP contribution in [-0.4, -0.2) is 31.1 Å². The number of rotatable bonds is 7. The maximum Gasteiger partial charge on any atom is 0.216 e. The SMILES string of the molecule is CCNC(=NCc1nc(C)c(C)o1)NCCc1ccc(C)c(OC)c1. The molecule has 2 rings (SSSR count). The number of methoxy groups -OCH3 is 1. The van der Waals surface area contributed by atoms with E-state index in [9.17, 15) is 0 Å². The fourth-order valence-electron chi connectivity index (χ4n) is 2.44. The first-order valence-electron chi connectivity index (χ1n) is 8.62. The van der Waals surface area contributed by atoms with Gasteiger partial charge in [-0.25, -0.2) is 9.98 Å². The Balaban J connectivity index is 1.91. The van der Waals surface area contributed by atoms with Crippen LogP contribution in [0.5, 0.6) is 5.75 Å². The molecule has 0 fully saturated rings. The highest BCUT2D eigenvalue weighted by atomic mass is 16.5. The Morgan fingerprint density at radius 3 is 2.68 bits per heavy atom. The van der Waals surface area contributed by atoms with E-state index in [-0.39, 0.29) is 0 Å². The Bertz CT molecular complexity index is 703. The second-order valence-electron chi connectivity index (χ2n) is 5.93. The number of guanidine groups is 1. The van der Waals surface area contributed by atoms with E-state index in [0.29, 0.717) is 12.4 Å². The third-order valence-electron chi connectivity index (χ3n) is 3.97. The molecule has 6 heteroatoms. The van der Waals surface area contributed by atoms with Gasteiger partial charge in [0.15, 0.2) is 5.96 Å². The zero-order chi connectivity index (χ0) is 18.2. The summed E-state index contributed by atoms with van der Waals surface area (Å²) in [5.41, 5.74) is 3.28. The number of nitrogens with one attached hydrogen (secondary N) is 2. The third-order valence-corrected chi connectivity index (χ3v) is 3.97. The number of oxazole rings is 1. The summed E-state index contributed by atoms with van der Waals surface area (Å²) in [5.74, 6) is 3.16. The van der Waals surface area contributed by atoms with E-state index in [0.717, 1.165) is 48.2 Å². The van der Waals surface area contributed by atoms with Crippen LogP contribution in [0.15, 0.2) is 27.6 Å². The molecular formula is C19H28N4O2. The molecular weight excluding hydrogens is 316 g/mol. The molecule has 0 amide bonds. The Labute approximate surface area is 149 Å². The van der Waals surface area contributed by atoms with E-state index in [1.807, 2.05) is 27.7 Å². The topological polar surface area (TPSA) is 71.7 Å². The van der Waals surface area contributed by atoms with Gasteiger partial charge in [0, 0.05) is 13.1 Å². The molecule has 2 N–H and O–H groups in total. The van der Waals surface area contributed by atoms with Gasteiger partial charge in [-0.2, -0.15) is 0 Å². The van der Waals surface area contributed by atoms with Gasteiger partial charge in [-0.3, -0.25) is 0 Å². The molecule has 0 spiro atoms. The normalized spacial score (nSPS) is 11.5. The first-order valence-corrected chi connectivity index (χ1v) is 8.62. The molecule has 6 nitrogen and oxygen atoms in total. The molecule has 0 aliphatic rings. The van der Waals surface area contributed by atoms with E-state index in [1.54, 1.807) is 7.11 Å². The van der Waals surface area contributed by atoms with Crippen molar-refractivity contribution < 1.29 is 9.15 Å². The van der Waals surface area contributed by atoms with Gasteiger partial charge >= 0.3 is 0 Å². The molecule has 0 atom stereocenters. The Hall–Kier alpha value is -2.50. The lowest BCUT2D eigenvalue weighted by Gasteiger charge is -2.12. The summed E-state index contributed by atoms with van der Waals surface area (Å²) in [4.78, 5) is 8.88. The van der Waals surface area contributed by atoms with Gasteiger partial charge in [0.1, 0.15) is 18.1 Å². The lowest BCUT2D eigenvalue weighted by molar-refractivity contribution is 0.411. The second kappa shape index (κ2) is 9.11. The van der Waals surface area contributed by atoms with Crippen LogP contribution < -0.4 is 15.4 Å². The summed E-state index contributed by atoms with van der Waals surface area (Å²) >= 11 is 0. The predicted octanol–water partition coefficient (Wildman–Crippen LogP) is 2.91. The van der Waals surface area contributed by atoms with Crippen LogP contribution in [0.25, 0.3) is 0 Å². The van der Waals surface area contributed by atoms with Crippen LogP contribution >= 0.6 is 0 Å². The molecule has 2 aromatic rings. The summed E-state index contributed by atoms with van der Waals surface area (Å²) in [6.07, 6.45) is 0.887.